The lowest BCUT2D eigenvalue weighted by atomic mass is 10.2. The number of amides is 1. The van der Waals surface area contributed by atoms with Gasteiger partial charge >= 0.3 is 0 Å². The molecule has 0 bridgehead atoms. The Kier molecular flexibility index (Phi) is 4.39. The highest BCUT2D eigenvalue weighted by Crippen LogP contribution is 2.15. The SMILES string of the molecule is CCCN(Cc1ccccc1)C(=O)c1occc1C. The van der Waals surface area contributed by atoms with E-state index < -0.39 is 0 Å². The van der Waals surface area contributed by atoms with Crippen LogP contribution in [0.15, 0.2) is 47.1 Å². The molecule has 1 aromatic carbocycles. The molecule has 0 radical (unpaired) electrons. The third-order valence-corrected chi connectivity index (χ3v) is 3.05. The van der Waals surface area contributed by atoms with E-state index in [-0.39, 0.29) is 5.91 Å². The van der Waals surface area contributed by atoms with Crippen LogP contribution in [0, 0.1) is 6.92 Å². The minimum absolute atomic E-state index is 0.0341. The van der Waals surface area contributed by atoms with Crippen molar-refractivity contribution in [3.8, 4) is 0 Å². The van der Waals surface area contributed by atoms with Crippen molar-refractivity contribution in [1.82, 2.24) is 4.90 Å². The zero-order valence-corrected chi connectivity index (χ0v) is 11.4. The second kappa shape index (κ2) is 6.23. The average Bonchev–Trinajstić information content (AvgIpc) is 2.85. The van der Waals surface area contributed by atoms with E-state index in [1.165, 1.54) is 0 Å². The molecule has 1 aromatic heterocycles. The highest BCUT2D eigenvalue weighted by Gasteiger charge is 2.20. The molecule has 0 aliphatic heterocycles. The van der Waals surface area contributed by atoms with Crippen LogP contribution in [-0.2, 0) is 6.54 Å². The number of rotatable bonds is 5. The first kappa shape index (κ1) is 13.4. The van der Waals surface area contributed by atoms with E-state index in [1.54, 1.807) is 6.26 Å². The van der Waals surface area contributed by atoms with Crippen molar-refractivity contribution in [3.63, 3.8) is 0 Å². The van der Waals surface area contributed by atoms with Gasteiger partial charge in [0.05, 0.1) is 6.26 Å². The Morgan fingerprint density at radius 2 is 1.95 bits per heavy atom. The fourth-order valence-electron chi connectivity index (χ4n) is 2.06. The van der Waals surface area contributed by atoms with Crippen molar-refractivity contribution < 1.29 is 9.21 Å². The largest absolute Gasteiger partial charge is 0.459 e. The Morgan fingerprint density at radius 3 is 2.53 bits per heavy atom. The van der Waals surface area contributed by atoms with E-state index in [9.17, 15) is 4.79 Å². The Labute approximate surface area is 113 Å². The normalized spacial score (nSPS) is 10.4. The number of benzene rings is 1. The number of furan rings is 1. The summed E-state index contributed by atoms with van der Waals surface area (Å²) >= 11 is 0. The number of carbonyl (C=O) groups is 1. The predicted octanol–water partition coefficient (Wildman–Crippen LogP) is 3.64. The molecule has 100 valence electrons. The predicted molar refractivity (Wildman–Crippen MR) is 74.9 cm³/mol. The number of carbonyl (C=O) groups excluding carboxylic acids is 1. The molecule has 3 nitrogen and oxygen atoms in total. The first-order chi connectivity index (χ1) is 9.22. The van der Waals surface area contributed by atoms with Crippen LogP contribution in [0.5, 0.6) is 0 Å². The summed E-state index contributed by atoms with van der Waals surface area (Å²) in [5.41, 5.74) is 2.02. The fourth-order valence-corrected chi connectivity index (χ4v) is 2.06. The van der Waals surface area contributed by atoms with Gasteiger partial charge in [-0.2, -0.15) is 0 Å². The molecule has 2 rings (SSSR count). The summed E-state index contributed by atoms with van der Waals surface area (Å²) < 4.78 is 5.30. The summed E-state index contributed by atoms with van der Waals surface area (Å²) in [6.07, 6.45) is 2.49. The van der Waals surface area contributed by atoms with E-state index in [1.807, 2.05) is 48.2 Å². The van der Waals surface area contributed by atoms with E-state index in [2.05, 4.69) is 6.92 Å². The molecule has 0 spiro atoms. The van der Waals surface area contributed by atoms with Crippen LogP contribution in [0.25, 0.3) is 0 Å². The molecule has 0 atom stereocenters. The Morgan fingerprint density at radius 1 is 1.21 bits per heavy atom. The standard InChI is InChI=1S/C16H19NO2/c1-3-10-17(12-14-7-5-4-6-8-14)16(18)15-13(2)9-11-19-15/h4-9,11H,3,10,12H2,1-2H3. The van der Waals surface area contributed by atoms with Gasteiger partial charge in [0, 0.05) is 18.7 Å². The molecule has 0 aliphatic carbocycles. The molecule has 3 heteroatoms. The van der Waals surface area contributed by atoms with Crippen molar-refractivity contribution in [2.24, 2.45) is 0 Å². The lowest BCUT2D eigenvalue weighted by molar-refractivity contribution is 0.0710. The maximum atomic E-state index is 12.5. The van der Waals surface area contributed by atoms with E-state index >= 15 is 0 Å². The summed E-state index contributed by atoms with van der Waals surface area (Å²) in [5.74, 6) is 0.414. The van der Waals surface area contributed by atoms with Gasteiger partial charge in [0.1, 0.15) is 0 Å². The van der Waals surface area contributed by atoms with Gasteiger partial charge in [-0.1, -0.05) is 37.3 Å². The lowest BCUT2D eigenvalue weighted by Gasteiger charge is -2.21. The van der Waals surface area contributed by atoms with Gasteiger partial charge in [-0.3, -0.25) is 4.79 Å². The van der Waals surface area contributed by atoms with Crippen molar-refractivity contribution >= 4 is 5.91 Å². The molecule has 0 aliphatic rings. The quantitative estimate of drug-likeness (QED) is 0.819. The van der Waals surface area contributed by atoms with E-state index in [4.69, 9.17) is 4.42 Å². The molecular formula is C16H19NO2. The maximum Gasteiger partial charge on any atom is 0.290 e. The first-order valence-electron chi connectivity index (χ1n) is 6.59. The highest BCUT2D eigenvalue weighted by atomic mass is 16.3. The van der Waals surface area contributed by atoms with Gasteiger partial charge in [-0.25, -0.2) is 0 Å². The number of nitrogens with zero attached hydrogens (tertiary/aromatic N) is 1. The minimum atomic E-state index is -0.0341. The number of aryl methyl sites for hydroxylation is 1. The monoisotopic (exact) mass is 257 g/mol. The van der Waals surface area contributed by atoms with Crippen LogP contribution >= 0.6 is 0 Å². The van der Waals surface area contributed by atoms with Crippen molar-refractivity contribution in [3.05, 3.63) is 59.5 Å². The van der Waals surface area contributed by atoms with Gasteiger partial charge in [0.2, 0.25) is 0 Å². The van der Waals surface area contributed by atoms with Crippen LogP contribution in [-0.4, -0.2) is 17.4 Å². The van der Waals surface area contributed by atoms with Crippen LogP contribution in [0.2, 0.25) is 0 Å². The summed E-state index contributed by atoms with van der Waals surface area (Å²) in [6.45, 7) is 5.31. The zero-order valence-electron chi connectivity index (χ0n) is 11.4. The maximum absolute atomic E-state index is 12.5. The summed E-state index contributed by atoms with van der Waals surface area (Å²) in [7, 11) is 0. The van der Waals surface area contributed by atoms with Gasteiger partial charge in [-0.15, -0.1) is 0 Å². The summed E-state index contributed by atoms with van der Waals surface area (Å²) in [4.78, 5) is 14.3. The second-order valence-electron chi connectivity index (χ2n) is 4.65. The minimum Gasteiger partial charge on any atom is -0.459 e. The molecular weight excluding hydrogens is 238 g/mol. The molecule has 1 amide bonds. The fraction of sp³-hybridized carbons (Fsp3) is 0.312. The summed E-state index contributed by atoms with van der Waals surface area (Å²) in [6, 6.07) is 11.8. The van der Waals surface area contributed by atoms with Crippen LogP contribution in [0.1, 0.15) is 35.0 Å². The number of hydrogen-bond acceptors (Lipinski definition) is 2. The third kappa shape index (κ3) is 3.25. The molecule has 0 saturated heterocycles. The molecule has 0 saturated carbocycles. The van der Waals surface area contributed by atoms with Gasteiger partial charge < -0.3 is 9.32 Å². The molecule has 19 heavy (non-hydrogen) atoms. The van der Waals surface area contributed by atoms with Crippen molar-refractivity contribution in [2.75, 3.05) is 6.54 Å². The Bertz CT molecular complexity index is 531. The highest BCUT2D eigenvalue weighted by molar-refractivity contribution is 5.92. The average molecular weight is 257 g/mol. The first-order valence-corrected chi connectivity index (χ1v) is 6.59. The zero-order chi connectivity index (χ0) is 13.7. The lowest BCUT2D eigenvalue weighted by Crippen LogP contribution is -2.31. The van der Waals surface area contributed by atoms with Gasteiger partial charge in [0.25, 0.3) is 5.91 Å². The van der Waals surface area contributed by atoms with Gasteiger partial charge in [-0.05, 0) is 25.0 Å². The summed E-state index contributed by atoms with van der Waals surface area (Å²) in [5, 5.41) is 0. The Balaban J connectivity index is 2.16. The third-order valence-electron chi connectivity index (χ3n) is 3.05. The van der Waals surface area contributed by atoms with Crippen LogP contribution in [0.3, 0.4) is 0 Å². The van der Waals surface area contributed by atoms with E-state index in [0.29, 0.717) is 12.3 Å². The van der Waals surface area contributed by atoms with Crippen LogP contribution in [0.4, 0.5) is 0 Å². The van der Waals surface area contributed by atoms with E-state index in [0.717, 1.165) is 24.1 Å². The molecule has 0 N–H and O–H groups in total. The van der Waals surface area contributed by atoms with Gasteiger partial charge in [0.15, 0.2) is 5.76 Å². The smallest absolute Gasteiger partial charge is 0.290 e. The molecule has 0 fully saturated rings. The van der Waals surface area contributed by atoms with Crippen molar-refractivity contribution in [2.45, 2.75) is 26.8 Å². The van der Waals surface area contributed by atoms with Crippen molar-refractivity contribution in [1.29, 1.82) is 0 Å². The topological polar surface area (TPSA) is 33.5 Å². The molecule has 2 aromatic rings. The Hall–Kier alpha value is -2.03. The number of hydrogen-bond donors (Lipinski definition) is 0. The van der Waals surface area contributed by atoms with Crippen LogP contribution < -0.4 is 0 Å². The molecule has 1 heterocycles. The molecule has 0 unspecified atom stereocenters. The second-order valence-corrected chi connectivity index (χ2v) is 4.65.